The second-order valence-corrected chi connectivity index (χ2v) is 5.03. The zero-order chi connectivity index (χ0) is 18.6. The molecule has 1 atom stereocenters. The average Bonchev–Trinajstić information content (AvgIpc) is 2.62. The maximum Gasteiger partial charge on any atom is 0.321 e. The van der Waals surface area contributed by atoms with Crippen molar-refractivity contribution in [2.24, 2.45) is 0 Å². The molecule has 0 fully saturated rings. The van der Waals surface area contributed by atoms with Gasteiger partial charge in [0.05, 0.1) is 21.3 Å². The maximum atomic E-state index is 14.6. The molecule has 5 nitrogen and oxygen atoms in total. The Morgan fingerprint density at radius 2 is 1.44 bits per heavy atom. The summed E-state index contributed by atoms with van der Waals surface area (Å²) < 4.78 is 42.4. The van der Waals surface area contributed by atoms with Gasteiger partial charge < -0.3 is 14.2 Å². The van der Waals surface area contributed by atoms with Gasteiger partial charge in [-0.25, -0.2) is 8.78 Å². The fourth-order valence-electron chi connectivity index (χ4n) is 2.41. The number of ketones is 1. The molecule has 0 heterocycles. The fraction of sp³-hybridized carbons (Fsp3) is 0.222. The number of esters is 1. The van der Waals surface area contributed by atoms with Gasteiger partial charge in [0.25, 0.3) is 0 Å². The second-order valence-electron chi connectivity index (χ2n) is 5.03. The minimum Gasteiger partial charge on any atom is -0.496 e. The molecule has 0 aliphatic rings. The standard InChI is InChI=1S/C18H16F2O5/c1-23-12-8-9-13(24-2)16(20)15(12)17(21)14(18(22)25-3)10-4-6-11(19)7-5-10/h4-9,14H,1-3H3. The number of hydrogen-bond acceptors (Lipinski definition) is 5. The molecule has 0 N–H and O–H groups in total. The van der Waals surface area contributed by atoms with Crippen LogP contribution in [0, 0.1) is 11.6 Å². The van der Waals surface area contributed by atoms with Gasteiger partial charge in [0.2, 0.25) is 0 Å². The molecule has 0 aliphatic carbocycles. The Morgan fingerprint density at radius 1 is 0.880 bits per heavy atom. The molecule has 0 saturated heterocycles. The fourth-order valence-corrected chi connectivity index (χ4v) is 2.41. The summed E-state index contributed by atoms with van der Waals surface area (Å²) in [5, 5.41) is 0. The summed E-state index contributed by atoms with van der Waals surface area (Å²) in [7, 11) is 3.62. The van der Waals surface area contributed by atoms with Gasteiger partial charge in [-0.1, -0.05) is 12.1 Å². The van der Waals surface area contributed by atoms with Gasteiger partial charge in [-0.3, -0.25) is 9.59 Å². The molecule has 2 aromatic rings. The van der Waals surface area contributed by atoms with Crippen molar-refractivity contribution in [2.75, 3.05) is 21.3 Å². The van der Waals surface area contributed by atoms with Crippen molar-refractivity contribution in [3.05, 3.63) is 59.2 Å². The van der Waals surface area contributed by atoms with E-state index >= 15 is 0 Å². The normalized spacial score (nSPS) is 11.6. The highest BCUT2D eigenvalue weighted by Gasteiger charge is 2.35. The van der Waals surface area contributed by atoms with E-state index in [0.29, 0.717) is 0 Å². The topological polar surface area (TPSA) is 61.8 Å². The van der Waals surface area contributed by atoms with Crippen LogP contribution in [-0.4, -0.2) is 33.1 Å². The summed E-state index contributed by atoms with van der Waals surface area (Å²) in [6, 6.07) is 7.37. The third-order valence-electron chi connectivity index (χ3n) is 3.66. The Bertz CT molecular complexity index is 787. The molecule has 0 amide bonds. The zero-order valence-electron chi connectivity index (χ0n) is 13.8. The van der Waals surface area contributed by atoms with Crippen LogP contribution in [0.2, 0.25) is 0 Å². The molecular formula is C18H16F2O5. The first-order valence-electron chi connectivity index (χ1n) is 7.22. The van der Waals surface area contributed by atoms with Crippen LogP contribution in [0.3, 0.4) is 0 Å². The van der Waals surface area contributed by atoms with Crippen molar-refractivity contribution in [2.45, 2.75) is 5.92 Å². The number of methoxy groups -OCH3 is 3. The van der Waals surface area contributed by atoms with E-state index in [1.54, 1.807) is 0 Å². The van der Waals surface area contributed by atoms with Crippen LogP contribution in [0.5, 0.6) is 11.5 Å². The number of Topliss-reactive ketones (excluding diaryl/α,β-unsaturated/α-hetero) is 1. The van der Waals surface area contributed by atoms with Gasteiger partial charge in [0, 0.05) is 0 Å². The van der Waals surface area contributed by atoms with Crippen LogP contribution in [0.15, 0.2) is 36.4 Å². The van der Waals surface area contributed by atoms with Gasteiger partial charge in [0.15, 0.2) is 17.3 Å². The largest absolute Gasteiger partial charge is 0.496 e. The molecule has 0 bridgehead atoms. The Labute approximate surface area is 143 Å². The lowest BCUT2D eigenvalue weighted by Crippen LogP contribution is -2.25. The SMILES string of the molecule is COC(=O)C(C(=O)c1c(OC)ccc(OC)c1F)c1ccc(F)cc1. The number of carbonyl (C=O) groups is 2. The third-order valence-corrected chi connectivity index (χ3v) is 3.66. The van der Waals surface area contributed by atoms with E-state index in [0.717, 1.165) is 19.2 Å². The van der Waals surface area contributed by atoms with Gasteiger partial charge in [-0.05, 0) is 29.8 Å². The number of halogens is 2. The first-order chi connectivity index (χ1) is 11.9. The highest BCUT2D eigenvalue weighted by atomic mass is 19.1. The smallest absolute Gasteiger partial charge is 0.321 e. The molecule has 2 rings (SSSR count). The minimum atomic E-state index is -1.47. The number of benzene rings is 2. The van der Waals surface area contributed by atoms with E-state index in [-0.39, 0.29) is 17.1 Å². The lowest BCUT2D eigenvalue weighted by Gasteiger charge is -2.17. The van der Waals surface area contributed by atoms with Crippen LogP contribution in [0.25, 0.3) is 0 Å². The monoisotopic (exact) mass is 350 g/mol. The van der Waals surface area contributed by atoms with E-state index in [4.69, 9.17) is 9.47 Å². The van der Waals surface area contributed by atoms with Gasteiger partial charge in [0.1, 0.15) is 23.0 Å². The molecule has 0 spiro atoms. The van der Waals surface area contributed by atoms with Crippen LogP contribution >= 0.6 is 0 Å². The summed E-state index contributed by atoms with van der Waals surface area (Å²) >= 11 is 0. The Morgan fingerprint density at radius 3 is 1.96 bits per heavy atom. The van der Waals surface area contributed by atoms with E-state index in [2.05, 4.69) is 4.74 Å². The molecule has 0 aliphatic heterocycles. The van der Waals surface area contributed by atoms with Crippen LogP contribution in [0.1, 0.15) is 21.8 Å². The molecule has 25 heavy (non-hydrogen) atoms. The number of rotatable bonds is 6. The van der Waals surface area contributed by atoms with Crippen molar-refractivity contribution in [1.29, 1.82) is 0 Å². The molecule has 2 aromatic carbocycles. The third kappa shape index (κ3) is 3.60. The molecule has 0 aromatic heterocycles. The van der Waals surface area contributed by atoms with Crippen LogP contribution in [-0.2, 0) is 9.53 Å². The Balaban J connectivity index is 2.61. The van der Waals surface area contributed by atoms with Crippen molar-refractivity contribution in [1.82, 2.24) is 0 Å². The predicted molar refractivity (Wildman–Crippen MR) is 85.0 cm³/mol. The molecule has 132 valence electrons. The molecule has 7 heteroatoms. The number of carbonyl (C=O) groups excluding carboxylic acids is 2. The highest BCUT2D eigenvalue weighted by molar-refractivity contribution is 6.14. The summed E-state index contributed by atoms with van der Waals surface area (Å²) in [4.78, 5) is 25.1. The van der Waals surface area contributed by atoms with Crippen molar-refractivity contribution >= 4 is 11.8 Å². The van der Waals surface area contributed by atoms with E-state index < -0.39 is 34.9 Å². The van der Waals surface area contributed by atoms with Crippen molar-refractivity contribution < 1.29 is 32.6 Å². The van der Waals surface area contributed by atoms with Crippen LogP contribution in [0.4, 0.5) is 8.78 Å². The predicted octanol–water partition coefficient (Wildman–Crippen LogP) is 3.12. The summed E-state index contributed by atoms with van der Waals surface area (Å²) in [5.41, 5.74) is -0.274. The molecular weight excluding hydrogens is 334 g/mol. The molecule has 0 radical (unpaired) electrons. The number of hydrogen-bond donors (Lipinski definition) is 0. The minimum absolute atomic E-state index is 0.0562. The number of ether oxygens (including phenoxy) is 3. The van der Waals surface area contributed by atoms with E-state index in [1.165, 1.54) is 38.5 Å². The lowest BCUT2D eigenvalue weighted by molar-refractivity contribution is -0.141. The van der Waals surface area contributed by atoms with E-state index in [9.17, 15) is 18.4 Å². The van der Waals surface area contributed by atoms with Gasteiger partial charge in [-0.15, -0.1) is 0 Å². The lowest BCUT2D eigenvalue weighted by atomic mass is 9.89. The Kier molecular flexibility index (Phi) is 5.69. The first-order valence-corrected chi connectivity index (χ1v) is 7.22. The highest BCUT2D eigenvalue weighted by Crippen LogP contribution is 2.33. The second kappa shape index (κ2) is 7.74. The van der Waals surface area contributed by atoms with Crippen molar-refractivity contribution in [3.8, 4) is 11.5 Å². The van der Waals surface area contributed by atoms with E-state index in [1.807, 2.05) is 0 Å². The Hall–Kier alpha value is -2.96. The summed E-state index contributed by atoms with van der Waals surface area (Å²) in [6.45, 7) is 0. The van der Waals surface area contributed by atoms with Gasteiger partial charge in [-0.2, -0.15) is 0 Å². The maximum absolute atomic E-state index is 14.6. The first kappa shape index (κ1) is 18.4. The molecule has 0 saturated carbocycles. The van der Waals surface area contributed by atoms with Crippen LogP contribution < -0.4 is 9.47 Å². The molecule has 1 unspecified atom stereocenters. The summed E-state index contributed by atoms with van der Waals surface area (Å²) in [6.07, 6.45) is 0. The quantitative estimate of drug-likeness (QED) is 0.455. The van der Waals surface area contributed by atoms with Gasteiger partial charge >= 0.3 is 5.97 Å². The zero-order valence-corrected chi connectivity index (χ0v) is 13.8. The summed E-state index contributed by atoms with van der Waals surface area (Å²) in [5.74, 6) is -4.98. The average molecular weight is 350 g/mol. The van der Waals surface area contributed by atoms with Crippen molar-refractivity contribution in [3.63, 3.8) is 0 Å².